The molecule has 0 fully saturated rings. The molecule has 0 aliphatic rings. The molecule has 0 aliphatic heterocycles. The van der Waals surface area contributed by atoms with Crippen LogP contribution in [0.5, 0.6) is 5.75 Å². The maximum atomic E-state index is 11.8. The second-order valence-electron chi connectivity index (χ2n) is 3.91. The van der Waals surface area contributed by atoms with Crippen LogP contribution in [-0.4, -0.2) is 41.5 Å². The summed E-state index contributed by atoms with van der Waals surface area (Å²) in [5, 5.41) is 12.0. The Labute approximate surface area is 120 Å². The zero-order valence-corrected chi connectivity index (χ0v) is 12.5. The van der Waals surface area contributed by atoms with E-state index in [9.17, 15) is 14.7 Å². The number of phenols is 1. The van der Waals surface area contributed by atoms with Gasteiger partial charge in [-0.05, 0) is 48.0 Å². The molecular weight excluding hydrogens is 312 g/mol. The first kappa shape index (κ1) is 15.5. The molecule has 1 aromatic carbocycles. The largest absolute Gasteiger partial charge is 0.507 e. The van der Waals surface area contributed by atoms with Crippen molar-refractivity contribution in [1.82, 2.24) is 10.2 Å². The molecule has 0 aromatic heterocycles. The molecule has 0 unspecified atom stereocenters. The van der Waals surface area contributed by atoms with E-state index < -0.39 is 0 Å². The van der Waals surface area contributed by atoms with E-state index in [0.717, 1.165) is 0 Å². The number of phenolic OH excluding ortho intramolecular Hbond substituents is 1. The van der Waals surface area contributed by atoms with E-state index in [0.29, 0.717) is 23.1 Å². The van der Waals surface area contributed by atoms with E-state index in [1.807, 2.05) is 13.8 Å². The monoisotopic (exact) mass is 328 g/mol. The number of carbonyl (C=O) groups is 2. The third-order valence-corrected chi connectivity index (χ3v) is 3.40. The molecule has 0 saturated heterocycles. The highest BCUT2D eigenvalue weighted by Crippen LogP contribution is 2.24. The standard InChI is InChI=1S/C13H17BrN2O3/c1-3-16(4-2)12(18)8-15-13(19)9-5-6-10(14)11(17)7-9/h5-7,17H,3-4,8H2,1-2H3,(H,15,19). The van der Waals surface area contributed by atoms with Gasteiger partial charge in [0.2, 0.25) is 5.91 Å². The molecule has 104 valence electrons. The first-order valence-electron chi connectivity index (χ1n) is 6.04. The van der Waals surface area contributed by atoms with Crippen LogP contribution in [-0.2, 0) is 4.79 Å². The first-order chi connectivity index (χ1) is 8.99. The second-order valence-corrected chi connectivity index (χ2v) is 4.77. The summed E-state index contributed by atoms with van der Waals surface area (Å²) in [6.07, 6.45) is 0. The van der Waals surface area contributed by atoms with Gasteiger partial charge in [-0.3, -0.25) is 9.59 Å². The molecule has 0 aliphatic carbocycles. The summed E-state index contributed by atoms with van der Waals surface area (Å²) in [5.41, 5.74) is 0.313. The fraction of sp³-hybridized carbons (Fsp3) is 0.385. The lowest BCUT2D eigenvalue weighted by atomic mass is 10.2. The van der Waals surface area contributed by atoms with E-state index in [-0.39, 0.29) is 24.1 Å². The van der Waals surface area contributed by atoms with E-state index in [2.05, 4.69) is 21.2 Å². The van der Waals surface area contributed by atoms with Gasteiger partial charge in [-0.1, -0.05) is 0 Å². The summed E-state index contributed by atoms with van der Waals surface area (Å²) in [7, 11) is 0. The maximum Gasteiger partial charge on any atom is 0.251 e. The van der Waals surface area contributed by atoms with E-state index >= 15 is 0 Å². The van der Waals surface area contributed by atoms with Crippen LogP contribution in [0.25, 0.3) is 0 Å². The Morgan fingerprint density at radius 3 is 2.47 bits per heavy atom. The Bertz CT molecular complexity index is 473. The van der Waals surface area contributed by atoms with Crippen molar-refractivity contribution in [2.24, 2.45) is 0 Å². The Kier molecular flexibility index (Phi) is 5.82. The lowest BCUT2D eigenvalue weighted by Gasteiger charge is -2.18. The van der Waals surface area contributed by atoms with Gasteiger partial charge in [-0.25, -0.2) is 0 Å². The number of nitrogens with one attached hydrogen (secondary N) is 1. The highest BCUT2D eigenvalue weighted by atomic mass is 79.9. The predicted octanol–water partition coefficient (Wildman–Crippen LogP) is 1.75. The van der Waals surface area contributed by atoms with E-state index in [4.69, 9.17) is 0 Å². The van der Waals surface area contributed by atoms with Gasteiger partial charge in [0.15, 0.2) is 0 Å². The summed E-state index contributed by atoms with van der Waals surface area (Å²) in [5.74, 6) is -0.522. The van der Waals surface area contributed by atoms with Crippen LogP contribution >= 0.6 is 15.9 Å². The lowest BCUT2D eigenvalue weighted by Crippen LogP contribution is -2.39. The SMILES string of the molecule is CCN(CC)C(=O)CNC(=O)c1ccc(Br)c(O)c1. The molecule has 0 saturated carbocycles. The fourth-order valence-corrected chi connectivity index (χ4v) is 1.85. The topological polar surface area (TPSA) is 69.6 Å². The van der Waals surface area contributed by atoms with Crippen molar-refractivity contribution in [2.75, 3.05) is 19.6 Å². The van der Waals surface area contributed by atoms with Crippen molar-refractivity contribution < 1.29 is 14.7 Å². The first-order valence-corrected chi connectivity index (χ1v) is 6.83. The van der Waals surface area contributed by atoms with Gasteiger partial charge in [0.05, 0.1) is 11.0 Å². The summed E-state index contributed by atoms with van der Waals surface area (Å²) >= 11 is 3.14. The van der Waals surface area contributed by atoms with Crippen molar-refractivity contribution in [2.45, 2.75) is 13.8 Å². The third kappa shape index (κ3) is 4.24. The Hall–Kier alpha value is -1.56. The van der Waals surface area contributed by atoms with Crippen LogP contribution in [0.4, 0.5) is 0 Å². The highest BCUT2D eigenvalue weighted by molar-refractivity contribution is 9.10. The van der Waals surface area contributed by atoms with Gasteiger partial charge in [0, 0.05) is 18.7 Å². The zero-order valence-electron chi connectivity index (χ0n) is 10.9. The summed E-state index contributed by atoms with van der Waals surface area (Å²) in [6.45, 7) is 4.96. The van der Waals surface area contributed by atoms with Crippen molar-refractivity contribution in [3.05, 3.63) is 28.2 Å². The molecule has 0 spiro atoms. The molecule has 19 heavy (non-hydrogen) atoms. The number of carbonyl (C=O) groups excluding carboxylic acids is 2. The molecule has 5 nitrogen and oxygen atoms in total. The normalized spacial score (nSPS) is 10.1. The molecule has 0 atom stereocenters. The van der Waals surface area contributed by atoms with Crippen LogP contribution in [0.1, 0.15) is 24.2 Å². The van der Waals surface area contributed by atoms with Crippen LogP contribution < -0.4 is 5.32 Å². The summed E-state index contributed by atoms with van der Waals surface area (Å²) in [6, 6.07) is 4.50. The molecule has 6 heteroatoms. The van der Waals surface area contributed by atoms with Gasteiger partial charge in [-0.2, -0.15) is 0 Å². The number of hydrogen-bond donors (Lipinski definition) is 2. The molecule has 1 rings (SSSR count). The number of likely N-dealkylation sites (N-methyl/N-ethyl adjacent to an activating group) is 1. The molecule has 0 bridgehead atoms. The van der Waals surface area contributed by atoms with Crippen LogP contribution in [0.3, 0.4) is 0 Å². The maximum absolute atomic E-state index is 11.8. The number of hydrogen-bond acceptors (Lipinski definition) is 3. The highest BCUT2D eigenvalue weighted by Gasteiger charge is 2.13. The minimum Gasteiger partial charge on any atom is -0.507 e. The van der Waals surface area contributed by atoms with Crippen molar-refractivity contribution in [3.8, 4) is 5.75 Å². The zero-order chi connectivity index (χ0) is 14.4. The molecule has 2 amide bonds. The number of halogens is 1. The van der Waals surface area contributed by atoms with Gasteiger partial charge in [0.25, 0.3) is 5.91 Å². The number of aromatic hydroxyl groups is 1. The molecule has 0 heterocycles. The third-order valence-electron chi connectivity index (χ3n) is 2.72. The quantitative estimate of drug-likeness (QED) is 0.865. The smallest absolute Gasteiger partial charge is 0.251 e. The van der Waals surface area contributed by atoms with Gasteiger partial charge in [0.1, 0.15) is 5.75 Å². The molecule has 1 aromatic rings. The van der Waals surface area contributed by atoms with Gasteiger partial charge >= 0.3 is 0 Å². The molecular formula is C13H17BrN2O3. The summed E-state index contributed by atoms with van der Waals surface area (Å²) < 4.78 is 0.517. The number of nitrogens with zero attached hydrogens (tertiary/aromatic N) is 1. The summed E-state index contributed by atoms with van der Waals surface area (Å²) in [4.78, 5) is 25.2. The van der Waals surface area contributed by atoms with E-state index in [1.54, 1.807) is 17.0 Å². The second kappa shape index (κ2) is 7.13. The van der Waals surface area contributed by atoms with Crippen molar-refractivity contribution in [1.29, 1.82) is 0 Å². The van der Waals surface area contributed by atoms with Crippen LogP contribution in [0.15, 0.2) is 22.7 Å². The van der Waals surface area contributed by atoms with Gasteiger partial charge in [-0.15, -0.1) is 0 Å². The van der Waals surface area contributed by atoms with Crippen LogP contribution in [0, 0.1) is 0 Å². The van der Waals surface area contributed by atoms with Crippen molar-refractivity contribution >= 4 is 27.7 Å². The Balaban J connectivity index is 2.60. The molecule has 0 radical (unpaired) electrons. The fourth-order valence-electron chi connectivity index (χ4n) is 1.60. The minimum atomic E-state index is -0.386. The lowest BCUT2D eigenvalue weighted by molar-refractivity contribution is -0.129. The Morgan fingerprint density at radius 2 is 1.95 bits per heavy atom. The Morgan fingerprint density at radius 1 is 1.32 bits per heavy atom. The predicted molar refractivity (Wildman–Crippen MR) is 76.1 cm³/mol. The number of rotatable bonds is 5. The minimum absolute atomic E-state index is 0.0114. The number of amides is 2. The van der Waals surface area contributed by atoms with Gasteiger partial charge < -0.3 is 15.3 Å². The average Bonchev–Trinajstić information content (AvgIpc) is 2.40. The average molecular weight is 329 g/mol. The molecule has 2 N–H and O–H groups in total. The van der Waals surface area contributed by atoms with E-state index in [1.165, 1.54) is 6.07 Å². The van der Waals surface area contributed by atoms with Crippen molar-refractivity contribution in [3.63, 3.8) is 0 Å². The number of benzene rings is 1. The van der Waals surface area contributed by atoms with Crippen LogP contribution in [0.2, 0.25) is 0 Å².